The standard InChI is InChI=1S/C15H17N3OS/c1-9(16-2)13-8-20-15(17-13)18-14(19)12-7-10-5-3-4-6-11(10)12/h3-6,8-9,12,16H,7H2,1-2H3,(H,17,18,19). The Morgan fingerprint density at radius 3 is 3.00 bits per heavy atom. The molecule has 0 spiro atoms. The van der Waals surface area contributed by atoms with Crippen molar-refractivity contribution >= 4 is 22.4 Å². The highest BCUT2D eigenvalue weighted by atomic mass is 32.1. The van der Waals surface area contributed by atoms with E-state index in [0.29, 0.717) is 5.13 Å². The zero-order chi connectivity index (χ0) is 14.1. The normalized spacial score (nSPS) is 18.0. The van der Waals surface area contributed by atoms with Gasteiger partial charge in [0.15, 0.2) is 5.13 Å². The van der Waals surface area contributed by atoms with Gasteiger partial charge < -0.3 is 10.6 Å². The number of rotatable bonds is 4. The molecule has 0 saturated carbocycles. The van der Waals surface area contributed by atoms with Crippen LogP contribution in [-0.2, 0) is 11.2 Å². The number of benzene rings is 1. The van der Waals surface area contributed by atoms with E-state index in [1.165, 1.54) is 16.9 Å². The Labute approximate surface area is 122 Å². The number of hydrogen-bond acceptors (Lipinski definition) is 4. The fourth-order valence-corrected chi connectivity index (χ4v) is 3.18. The number of nitrogens with one attached hydrogen (secondary N) is 2. The first kappa shape index (κ1) is 13.3. The van der Waals surface area contributed by atoms with Crippen LogP contribution < -0.4 is 10.6 Å². The molecule has 0 fully saturated rings. The van der Waals surface area contributed by atoms with Crippen LogP contribution in [0.3, 0.4) is 0 Å². The summed E-state index contributed by atoms with van der Waals surface area (Å²) in [5, 5.41) is 8.72. The maximum atomic E-state index is 12.2. The molecule has 1 aliphatic carbocycles. The fourth-order valence-electron chi connectivity index (χ4n) is 2.38. The molecule has 2 aromatic rings. The van der Waals surface area contributed by atoms with Gasteiger partial charge in [0.2, 0.25) is 5.91 Å². The lowest BCUT2D eigenvalue weighted by Gasteiger charge is -2.28. The summed E-state index contributed by atoms with van der Waals surface area (Å²) in [6, 6.07) is 8.30. The number of carbonyl (C=O) groups is 1. The number of amides is 1. The molecule has 0 bridgehead atoms. The van der Waals surface area contributed by atoms with Crippen LogP contribution in [-0.4, -0.2) is 17.9 Å². The van der Waals surface area contributed by atoms with Crippen LogP contribution in [0.5, 0.6) is 0 Å². The van der Waals surface area contributed by atoms with Crippen molar-refractivity contribution in [3.8, 4) is 0 Å². The molecule has 1 aliphatic rings. The monoisotopic (exact) mass is 287 g/mol. The second-order valence-corrected chi connectivity index (χ2v) is 5.89. The predicted molar refractivity (Wildman–Crippen MR) is 81.1 cm³/mol. The number of aromatic nitrogens is 1. The highest BCUT2D eigenvalue weighted by molar-refractivity contribution is 7.13. The van der Waals surface area contributed by atoms with Gasteiger partial charge in [-0.2, -0.15) is 0 Å². The van der Waals surface area contributed by atoms with Gasteiger partial charge in [0.1, 0.15) is 0 Å². The third-order valence-electron chi connectivity index (χ3n) is 3.80. The second-order valence-electron chi connectivity index (χ2n) is 5.03. The molecule has 1 heterocycles. The largest absolute Gasteiger partial charge is 0.312 e. The van der Waals surface area contributed by atoms with Crippen molar-refractivity contribution in [2.24, 2.45) is 0 Å². The summed E-state index contributed by atoms with van der Waals surface area (Å²) in [5.41, 5.74) is 3.38. The number of thiazole rings is 1. The van der Waals surface area contributed by atoms with Crippen molar-refractivity contribution in [3.63, 3.8) is 0 Å². The number of fused-ring (bicyclic) bond motifs is 1. The first-order chi connectivity index (χ1) is 9.69. The average Bonchev–Trinajstić information content (AvgIpc) is 2.87. The van der Waals surface area contributed by atoms with Crippen molar-refractivity contribution < 1.29 is 4.79 Å². The molecular formula is C15H17N3OS. The second kappa shape index (κ2) is 5.34. The van der Waals surface area contributed by atoms with E-state index in [0.717, 1.165) is 17.7 Å². The molecule has 2 N–H and O–H groups in total. The smallest absolute Gasteiger partial charge is 0.234 e. The molecule has 4 nitrogen and oxygen atoms in total. The first-order valence-electron chi connectivity index (χ1n) is 6.70. The summed E-state index contributed by atoms with van der Waals surface area (Å²) >= 11 is 1.47. The summed E-state index contributed by atoms with van der Waals surface area (Å²) in [7, 11) is 1.90. The van der Waals surface area contributed by atoms with E-state index in [9.17, 15) is 4.79 Å². The van der Waals surface area contributed by atoms with E-state index in [4.69, 9.17) is 0 Å². The van der Waals surface area contributed by atoms with E-state index in [2.05, 4.69) is 21.7 Å². The zero-order valence-electron chi connectivity index (χ0n) is 11.5. The molecule has 104 valence electrons. The number of nitrogens with zero attached hydrogens (tertiary/aromatic N) is 1. The highest BCUT2D eigenvalue weighted by Crippen LogP contribution is 2.35. The summed E-state index contributed by atoms with van der Waals surface area (Å²) in [4.78, 5) is 16.7. The molecule has 1 aromatic heterocycles. The Morgan fingerprint density at radius 2 is 2.25 bits per heavy atom. The van der Waals surface area contributed by atoms with Gasteiger partial charge in [-0.3, -0.25) is 4.79 Å². The SMILES string of the molecule is CNC(C)c1csc(NC(=O)C2Cc3ccccc32)n1. The molecule has 0 radical (unpaired) electrons. The van der Waals surface area contributed by atoms with E-state index in [1.54, 1.807) is 0 Å². The minimum Gasteiger partial charge on any atom is -0.312 e. The zero-order valence-corrected chi connectivity index (χ0v) is 12.3. The summed E-state index contributed by atoms with van der Waals surface area (Å²) < 4.78 is 0. The van der Waals surface area contributed by atoms with Crippen molar-refractivity contribution in [1.82, 2.24) is 10.3 Å². The van der Waals surface area contributed by atoms with Crippen molar-refractivity contribution in [2.45, 2.75) is 25.3 Å². The van der Waals surface area contributed by atoms with Gasteiger partial charge in [-0.1, -0.05) is 24.3 Å². The Hall–Kier alpha value is -1.72. The predicted octanol–water partition coefficient (Wildman–Crippen LogP) is 2.70. The van der Waals surface area contributed by atoms with Crippen LogP contribution in [0.2, 0.25) is 0 Å². The van der Waals surface area contributed by atoms with Gasteiger partial charge in [-0.05, 0) is 31.5 Å². The van der Waals surface area contributed by atoms with Crippen molar-refractivity contribution in [3.05, 3.63) is 46.5 Å². The van der Waals surface area contributed by atoms with Gasteiger partial charge in [0.05, 0.1) is 11.6 Å². The van der Waals surface area contributed by atoms with Crippen molar-refractivity contribution in [1.29, 1.82) is 0 Å². The Bertz CT molecular complexity index is 638. The maximum absolute atomic E-state index is 12.2. The molecule has 2 unspecified atom stereocenters. The molecule has 3 rings (SSSR count). The molecule has 1 aromatic carbocycles. The third-order valence-corrected chi connectivity index (χ3v) is 4.58. The van der Waals surface area contributed by atoms with E-state index < -0.39 is 0 Å². The lowest BCUT2D eigenvalue weighted by Crippen LogP contribution is -2.30. The lowest BCUT2D eigenvalue weighted by molar-refractivity contribution is -0.118. The number of hydrogen-bond donors (Lipinski definition) is 2. The average molecular weight is 287 g/mol. The van der Waals surface area contributed by atoms with Crippen LogP contribution in [0.1, 0.15) is 35.7 Å². The Morgan fingerprint density at radius 1 is 1.45 bits per heavy atom. The highest BCUT2D eigenvalue weighted by Gasteiger charge is 2.32. The molecular weight excluding hydrogens is 270 g/mol. The molecule has 1 amide bonds. The van der Waals surface area contributed by atoms with Gasteiger partial charge in [0.25, 0.3) is 0 Å². The lowest BCUT2D eigenvalue weighted by atomic mass is 9.77. The third kappa shape index (κ3) is 2.34. The van der Waals surface area contributed by atoms with Crippen LogP contribution in [0.25, 0.3) is 0 Å². The summed E-state index contributed by atoms with van der Waals surface area (Å²) in [6.07, 6.45) is 0.827. The fraction of sp³-hybridized carbons (Fsp3) is 0.333. The molecule has 2 atom stereocenters. The Kier molecular flexibility index (Phi) is 3.54. The quantitative estimate of drug-likeness (QED) is 0.909. The van der Waals surface area contributed by atoms with E-state index in [1.807, 2.05) is 37.6 Å². The summed E-state index contributed by atoms with van der Waals surface area (Å²) in [6.45, 7) is 2.04. The van der Waals surface area contributed by atoms with Gasteiger partial charge in [0, 0.05) is 11.4 Å². The van der Waals surface area contributed by atoms with Crippen LogP contribution >= 0.6 is 11.3 Å². The van der Waals surface area contributed by atoms with Crippen LogP contribution in [0.15, 0.2) is 29.6 Å². The Balaban J connectivity index is 1.67. The van der Waals surface area contributed by atoms with Gasteiger partial charge >= 0.3 is 0 Å². The van der Waals surface area contributed by atoms with Crippen LogP contribution in [0.4, 0.5) is 5.13 Å². The topological polar surface area (TPSA) is 54.0 Å². The van der Waals surface area contributed by atoms with Gasteiger partial charge in [-0.15, -0.1) is 11.3 Å². The molecule has 0 saturated heterocycles. The number of anilines is 1. The molecule has 0 aliphatic heterocycles. The summed E-state index contributed by atoms with van der Waals surface area (Å²) in [5.74, 6) is 0.0157. The molecule has 20 heavy (non-hydrogen) atoms. The van der Waals surface area contributed by atoms with E-state index >= 15 is 0 Å². The number of carbonyl (C=O) groups excluding carboxylic acids is 1. The van der Waals surface area contributed by atoms with E-state index in [-0.39, 0.29) is 17.9 Å². The molecule has 5 heteroatoms. The van der Waals surface area contributed by atoms with Crippen LogP contribution in [0, 0.1) is 0 Å². The van der Waals surface area contributed by atoms with Gasteiger partial charge in [-0.25, -0.2) is 4.98 Å². The van der Waals surface area contributed by atoms with Crippen molar-refractivity contribution in [2.75, 3.05) is 12.4 Å². The minimum absolute atomic E-state index is 0.0275. The maximum Gasteiger partial charge on any atom is 0.234 e. The minimum atomic E-state index is -0.0275. The first-order valence-corrected chi connectivity index (χ1v) is 7.58.